The molecule has 0 rings (SSSR count). The predicted octanol–water partition coefficient (Wildman–Crippen LogP) is 6.57. The van der Waals surface area contributed by atoms with Crippen molar-refractivity contribution >= 4 is 23.4 Å². The van der Waals surface area contributed by atoms with Crippen LogP contribution in [-0.4, -0.2) is 29.9 Å². The van der Waals surface area contributed by atoms with E-state index in [0.29, 0.717) is 31.6 Å². The van der Waals surface area contributed by atoms with Crippen LogP contribution in [0, 0.1) is 5.92 Å². The summed E-state index contributed by atoms with van der Waals surface area (Å²) < 4.78 is 0. The molecular formula is C29H54N2O4. The molecule has 0 saturated heterocycles. The molecule has 0 spiro atoms. The van der Waals surface area contributed by atoms with Crippen LogP contribution in [-0.2, 0) is 19.2 Å². The number of hydrogen-bond donors (Lipinski definition) is 2. The molecule has 3 N–H and O–H groups in total. The molecular weight excluding hydrogens is 440 g/mol. The Bertz CT molecular complexity index is 577. The first-order chi connectivity index (χ1) is 16.9. The van der Waals surface area contributed by atoms with Gasteiger partial charge in [0, 0.05) is 38.1 Å². The van der Waals surface area contributed by atoms with E-state index in [1.54, 1.807) is 6.92 Å². The lowest BCUT2D eigenvalue weighted by Gasteiger charge is -2.12. The van der Waals surface area contributed by atoms with E-state index >= 15 is 0 Å². The van der Waals surface area contributed by atoms with Crippen LogP contribution in [0.25, 0.3) is 0 Å². The molecule has 6 nitrogen and oxygen atoms in total. The average Bonchev–Trinajstić information content (AvgIpc) is 2.82. The van der Waals surface area contributed by atoms with E-state index in [1.807, 2.05) is 6.92 Å². The van der Waals surface area contributed by atoms with Crippen LogP contribution in [0.15, 0.2) is 0 Å². The van der Waals surface area contributed by atoms with Crippen molar-refractivity contribution in [3.05, 3.63) is 0 Å². The molecule has 0 aromatic carbocycles. The second-order valence-corrected chi connectivity index (χ2v) is 10.2. The van der Waals surface area contributed by atoms with Crippen LogP contribution in [0.3, 0.4) is 0 Å². The van der Waals surface area contributed by atoms with Gasteiger partial charge in [0.1, 0.15) is 11.6 Å². The number of carbonyl (C=O) groups excluding carboxylic acids is 4. The smallest absolute Gasteiger partial charge is 0.220 e. The van der Waals surface area contributed by atoms with Crippen molar-refractivity contribution < 1.29 is 19.2 Å². The van der Waals surface area contributed by atoms with Gasteiger partial charge in [-0.2, -0.15) is 0 Å². The van der Waals surface area contributed by atoms with Crippen molar-refractivity contribution in [3.63, 3.8) is 0 Å². The summed E-state index contributed by atoms with van der Waals surface area (Å²) in [5, 5.41) is 2.82. The van der Waals surface area contributed by atoms with E-state index in [9.17, 15) is 19.2 Å². The molecule has 0 fully saturated rings. The van der Waals surface area contributed by atoms with Gasteiger partial charge in [-0.25, -0.2) is 0 Å². The summed E-state index contributed by atoms with van der Waals surface area (Å²) in [4.78, 5) is 46.0. The lowest BCUT2D eigenvalue weighted by molar-refractivity contribution is -0.127. The van der Waals surface area contributed by atoms with E-state index in [4.69, 9.17) is 5.73 Å². The van der Waals surface area contributed by atoms with Crippen molar-refractivity contribution in [2.45, 2.75) is 149 Å². The lowest BCUT2D eigenvalue weighted by atomic mass is 9.93. The van der Waals surface area contributed by atoms with Gasteiger partial charge >= 0.3 is 0 Å². The zero-order valence-corrected chi connectivity index (χ0v) is 22.8. The first kappa shape index (κ1) is 33.3. The van der Waals surface area contributed by atoms with Crippen LogP contribution in [0.4, 0.5) is 0 Å². The molecule has 204 valence electrons. The number of carbonyl (C=O) groups is 4. The maximum absolute atomic E-state index is 12.3. The summed E-state index contributed by atoms with van der Waals surface area (Å²) in [5.74, 6) is -0.276. The van der Waals surface area contributed by atoms with Crippen molar-refractivity contribution in [2.24, 2.45) is 11.7 Å². The minimum absolute atomic E-state index is 0.0345. The number of rotatable bonds is 26. The molecule has 1 unspecified atom stereocenters. The molecule has 35 heavy (non-hydrogen) atoms. The van der Waals surface area contributed by atoms with Gasteiger partial charge < -0.3 is 15.8 Å². The zero-order valence-electron chi connectivity index (χ0n) is 22.8. The molecule has 6 heteroatoms. The minimum Gasteiger partial charge on any atom is -0.369 e. The third-order valence-electron chi connectivity index (χ3n) is 6.73. The number of unbranched alkanes of at least 4 members (excludes halogenated alkanes) is 14. The second kappa shape index (κ2) is 24.0. The Morgan fingerprint density at radius 1 is 0.657 bits per heavy atom. The van der Waals surface area contributed by atoms with Crippen LogP contribution in [0.2, 0.25) is 0 Å². The van der Waals surface area contributed by atoms with E-state index in [2.05, 4.69) is 5.32 Å². The third-order valence-corrected chi connectivity index (χ3v) is 6.73. The van der Waals surface area contributed by atoms with Gasteiger partial charge in [0.05, 0.1) is 0 Å². The fourth-order valence-electron chi connectivity index (χ4n) is 4.41. The van der Waals surface area contributed by atoms with E-state index in [1.165, 1.54) is 70.6 Å². The summed E-state index contributed by atoms with van der Waals surface area (Å²) in [6.07, 6.45) is 21.3. The maximum atomic E-state index is 12.3. The van der Waals surface area contributed by atoms with E-state index in [-0.39, 0.29) is 29.9 Å². The van der Waals surface area contributed by atoms with Gasteiger partial charge in [0.15, 0.2) is 0 Å². The molecule has 0 aliphatic carbocycles. The second-order valence-electron chi connectivity index (χ2n) is 10.2. The number of Topliss-reactive ketones (excluding diaryl/α,β-unsaturated/α-hetero) is 2. The predicted molar refractivity (Wildman–Crippen MR) is 144 cm³/mol. The first-order valence-electron chi connectivity index (χ1n) is 14.4. The molecule has 0 heterocycles. The Morgan fingerprint density at radius 2 is 1.11 bits per heavy atom. The first-order valence-corrected chi connectivity index (χ1v) is 14.4. The molecule has 2 amide bonds. The minimum atomic E-state index is -0.388. The SMILES string of the molecule is CCC(=O)NCCCCC(CC(=O)CCCCCCCCCCCCCCCCC(C)=O)C(N)=O. The van der Waals surface area contributed by atoms with Gasteiger partial charge in [-0.1, -0.05) is 90.4 Å². The van der Waals surface area contributed by atoms with Crippen molar-refractivity contribution in [1.82, 2.24) is 5.32 Å². The van der Waals surface area contributed by atoms with Crippen molar-refractivity contribution in [2.75, 3.05) is 6.54 Å². The summed E-state index contributed by atoms with van der Waals surface area (Å²) in [6.45, 7) is 4.10. The van der Waals surface area contributed by atoms with Gasteiger partial charge in [-0.3, -0.25) is 14.4 Å². The number of ketones is 2. The highest BCUT2D eigenvalue weighted by Gasteiger charge is 2.18. The van der Waals surface area contributed by atoms with Crippen LogP contribution < -0.4 is 11.1 Å². The topological polar surface area (TPSA) is 106 Å². The molecule has 0 aliphatic heterocycles. The number of nitrogens with one attached hydrogen (secondary N) is 1. The highest BCUT2D eigenvalue weighted by Crippen LogP contribution is 2.17. The highest BCUT2D eigenvalue weighted by atomic mass is 16.2. The number of hydrogen-bond acceptors (Lipinski definition) is 4. The number of primary amides is 1. The molecule has 0 saturated carbocycles. The number of nitrogens with two attached hydrogens (primary N) is 1. The maximum Gasteiger partial charge on any atom is 0.220 e. The summed E-state index contributed by atoms with van der Waals surface area (Å²) in [6, 6.07) is 0. The van der Waals surface area contributed by atoms with Crippen LogP contribution in [0.1, 0.15) is 149 Å². The molecule has 1 atom stereocenters. The highest BCUT2D eigenvalue weighted by molar-refractivity contribution is 5.85. The Balaban J connectivity index is 3.53. The largest absolute Gasteiger partial charge is 0.369 e. The molecule has 0 bridgehead atoms. The summed E-state index contributed by atoms with van der Waals surface area (Å²) in [7, 11) is 0. The van der Waals surface area contributed by atoms with Gasteiger partial charge in [0.2, 0.25) is 11.8 Å². The fraction of sp³-hybridized carbons (Fsp3) is 0.862. The zero-order chi connectivity index (χ0) is 26.2. The molecule has 0 aliphatic rings. The molecule has 0 aromatic rings. The normalized spacial score (nSPS) is 11.8. The standard InChI is InChI=1S/C29H54N2O4/c1-3-28(34)31-23-19-18-21-26(29(30)35)24-27(33)22-17-15-13-11-9-7-5-4-6-8-10-12-14-16-20-25(2)32/h26H,3-24H2,1-2H3,(H2,30,35)(H,31,34). The fourth-order valence-corrected chi connectivity index (χ4v) is 4.41. The Hall–Kier alpha value is -1.72. The van der Waals surface area contributed by atoms with Crippen LogP contribution in [0.5, 0.6) is 0 Å². The van der Waals surface area contributed by atoms with E-state index < -0.39 is 0 Å². The third kappa shape index (κ3) is 23.8. The molecule has 0 radical (unpaired) electrons. The molecule has 0 aromatic heterocycles. The van der Waals surface area contributed by atoms with Crippen molar-refractivity contribution in [3.8, 4) is 0 Å². The number of amides is 2. The van der Waals surface area contributed by atoms with Gasteiger partial charge in [-0.15, -0.1) is 0 Å². The Labute approximate surface area is 214 Å². The Morgan fingerprint density at radius 3 is 1.54 bits per heavy atom. The Kier molecular flexibility index (Phi) is 22.8. The average molecular weight is 495 g/mol. The van der Waals surface area contributed by atoms with Gasteiger partial charge in [-0.05, 0) is 32.6 Å². The van der Waals surface area contributed by atoms with E-state index in [0.717, 1.165) is 38.5 Å². The lowest BCUT2D eigenvalue weighted by Crippen LogP contribution is -2.26. The summed E-state index contributed by atoms with van der Waals surface area (Å²) >= 11 is 0. The van der Waals surface area contributed by atoms with Crippen molar-refractivity contribution in [1.29, 1.82) is 0 Å². The quantitative estimate of drug-likeness (QED) is 0.133. The van der Waals surface area contributed by atoms with Gasteiger partial charge in [0.25, 0.3) is 0 Å². The van der Waals surface area contributed by atoms with Crippen LogP contribution >= 0.6 is 0 Å². The summed E-state index contributed by atoms with van der Waals surface area (Å²) in [5.41, 5.74) is 5.49. The monoisotopic (exact) mass is 494 g/mol.